The standard InChI is InChI=1S/C38H24N2S/c1-3-11-25(12-4-1)28-16-9-17-31-32-18-10-20-34(38(32)41-37(28)31)39-24-23-26-21-22-30-29-15-7-8-19-33(29)40(36(30)35(26)39)27-13-5-2-6-14-27/h1-24H. The van der Waals surface area contributed by atoms with Gasteiger partial charge in [0.1, 0.15) is 0 Å². The molecule has 41 heavy (non-hydrogen) atoms. The van der Waals surface area contributed by atoms with Crippen molar-refractivity contribution in [3.63, 3.8) is 0 Å². The smallest absolute Gasteiger partial charge is 0.0788 e. The van der Waals surface area contributed by atoms with Gasteiger partial charge >= 0.3 is 0 Å². The van der Waals surface area contributed by atoms with Crippen molar-refractivity contribution < 1.29 is 0 Å². The molecule has 0 unspecified atom stereocenters. The average molecular weight is 541 g/mol. The van der Waals surface area contributed by atoms with Gasteiger partial charge in [-0.05, 0) is 41.5 Å². The minimum Gasteiger partial charge on any atom is -0.313 e. The summed E-state index contributed by atoms with van der Waals surface area (Å²) >= 11 is 1.90. The number of hydrogen-bond acceptors (Lipinski definition) is 1. The number of para-hydroxylation sites is 2. The fraction of sp³-hybridized carbons (Fsp3) is 0. The van der Waals surface area contributed by atoms with Crippen LogP contribution in [0.5, 0.6) is 0 Å². The van der Waals surface area contributed by atoms with Gasteiger partial charge in [0.05, 0.1) is 26.9 Å². The maximum Gasteiger partial charge on any atom is 0.0788 e. The van der Waals surface area contributed by atoms with Crippen molar-refractivity contribution in [3.05, 3.63) is 146 Å². The lowest BCUT2D eigenvalue weighted by Gasteiger charge is -2.12. The Morgan fingerprint density at radius 2 is 1.17 bits per heavy atom. The zero-order chi connectivity index (χ0) is 26.9. The molecule has 192 valence electrons. The third-order valence-electron chi connectivity index (χ3n) is 8.35. The Balaban J connectivity index is 1.40. The first-order valence-corrected chi connectivity index (χ1v) is 14.8. The summed E-state index contributed by atoms with van der Waals surface area (Å²) in [6, 6.07) is 50.5. The second-order valence-electron chi connectivity index (χ2n) is 10.6. The van der Waals surface area contributed by atoms with Crippen LogP contribution in [0.3, 0.4) is 0 Å². The summed E-state index contributed by atoms with van der Waals surface area (Å²) in [5.74, 6) is 0. The van der Waals surface area contributed by atoms with Crippen LogP contribution in [0.2, 0.25) is 0 Å². The van der Waals surface area contributed by atoms with Crippen molar-refractivity contribution in [2.75, 3.05) is 0 Å². The van der Waals surface area contributed by atoms with Gasteiger partial charge in [0.25, 0.3) is 0 Å². The summed E-state index contributed by atoms with van der Waals surface area (Å²) in [7, 11) is 0. The zero-order valence-electron chi connectivity index (χ0n) is 22.2. The second-order valence-corrected chi connectivity index (χ2v) is 11.6. The van der Waals surface area contributed by atoms with Gasteiger partial charge in [-0.2, -0.15) is 0 Å². The molecule has 9 rings (SSSR count). The van der Waals surface area contributed by atoms with Gasteiger partial charge in [-0.15, -0.1) is 11.3 Å². The van der Waals surface area contributed by atoms with Gasteiger partial charge < -0.3 is 9.13 Å². The van der Waals surface area contributed by atoms with Crippen LogP contribution in [0, 0.1) is 0 Å². The summed E-state index contributed by atoms with van der Waals surface area (Å²) < 4.78 is 7.49. The first-order chi connectivity index (χ1) is 20.4. The summed E-state index contributed by atoms with van der Waals surface area (Å²) in [6.45, 7) is 0. The Morgan fingerprint density at radius 3 is 2.02 bits per heavy atom. The lowest BCUT2D eigenvalue weighted by molar-refractivity contribution is 1.13. The van der Waals surface area contributed by atoms with E-state index in [0.717, 1.165) is 0 Å². The van der Waals surface area contributed by atoms with Gasteiger partial charge in [-0.1, -0.05) is 109 Å². The van der Waals surface area contributed by atoms with Crippen molar-refractivity contribution in [2.24, 2.45) is 0 Å². The molecule has 0 N–H and O–H groups in total. The van der Waals surface area contributed by atoms with Crippen molar-refractivity contribution in [2.45, 2.75) is 0 Å². The molecule has 0 aliphatic carbocycles. The Hall–Kier alpha value is -5.12. The maximum atomic E-state index is 2.43. The van der Waals surface area contributed by atoms with Gasteiger partial charge in [-0.3, -0.25) is 0 Å². The van der Waals surface area contributed by atoms with E-state index in [-0.39, 0.29) is 0 Å². The van der Waals surface area contributed by atoms with Crippen LogP contribution < -0.4 is 0 Å². The van der Waals surface area contributed by atoms with Crippen molar-refractivity contribution in [3.8, 4) is 22.5 Å². The first-order valence-electron chi connectivity index (χ1n) is 14.0. The number of rotatable bonds is 3. The number of thiophene rings is 1. The van der Waals surface area contributed by atoms with Crippen molar-refractivity contribution >= 4 is 64.2 Å². The third kappa shape index (κ3) is 3.24. The lowest BCUT2D eigenvalue weighted by atomic mass is 10.0. The largest absolute Gasteiger partial charge is 0.313 e. The second kappa shape index (κ2) is 8.69. The average Bonchev–Trinajstić information content (AvgIpc) is 3.73. The van der Waals surface area contributed by atoms with Crippen LogP contribution in [0.25, 0.3) is 75.4 Å². The SMILES string of the molecule is c1ccc(-c2cccc3c2sc2c(-n4ccc5ccc6c7ccccc7n(-c7ccccc7)c6c54)cccc23)cc1. The molecular formula is C38H24N2S. The molecule has 3 aromatic heterocycles. The molecule has 0 saturated heterocycles. The van der Waals surface area contributed by atoms with Crippen LogP contribution in [0.15, 0.2) is 146 Å². The third-order valence-corrected chi connectivity index (χ3v) is 9.62. The summed E-state index contributed by atoms with van der Waals surface area (Å²) in [6.07, 6.45) is 2.24. The molecule has 0 atom stereocenters. The molecule has 2 nitrogen and oxygen atoms in total. The number of aromatic nitrogens is 2. The van der Waals surface area contributed by atoms with Crippen LogP contribution in [0.1, 0.15) is 0 Å². The highest BCUT2D eigenvalue weighted by Crippen LogP contribution is 2.44. The van der Waals surface area contributed by atoms with E-state index in [4.69, 9.17) is 0 Å². The summed E-state index contributed by atoms with van der Waals surface area (Å²) in [4.78, 5) is 0. The van der Waals surface area contributed by atoms with Gasteiger partial charge in [0, 0.05) is 43.5 Å². The van der Waals surface area contributed by atoms with E-state index in [2.05, 4.69) is 155 Å². The molecule has 0 fully saturated rings. The zero-order valence-corrected chi connectivity index (χ0v) is 23.0. The quantitative estimate of drug-likeness (QED) is 0.211. The molecule has 0 amide bonds. The topological polar surface area (TPSA) is 9.86 Å². The number of benzene rings is 6. The molecule has 9 aromatic rings. The number of nitrogens with zero attached hydrogens (tertiary/aromatic N) is 2. The summed E-state index contributed by atoms with van der Waals surface area (Å²) in [5, 5.41) is 6.40. The summed E-state index contributed by atoms with van der Waals surface area (Å²) in [5.41, 5.74) is 8.63. The molecular weight excluding hydrogens is 516 g/mol. The van der Waals surface area contributed by atoms with E-state index < -0.39 is 0 Å². The Morgan fingerprint density at radius 1 is 0.463 bits per heavy atom. The molecule has 0 spiro atoms. The monoisotopic (exact) mass is 540 g/mol. The van der Waals surface area contributed by atoms with Gasteiger partial charge in [0.15, 0.2) is 0 Å². The predicted molar refractivity (Wildman–Crippen MR) is 176 cm³/mol. The van der Waals surface area contributed by atoms with Crippen molar-refractivity contribution in [1.29, 1.82) is 0 Å². The fourth-order valence-electron chi connectivity index (χ4n) is 6.56. The minimum atomic E-state index is 1.17. The van der Waals surface area contributed by atoms with Crippen LogP contribution in [0.4, 0.5) is 0 Å². The van der Waals surface area contributed by atoms with Crippen LogP contribution >= 0.6 is 11.3 Å². The molecule has 6 aromatic carbocycles. The molecule has 3 heterocycles. The highest BCUT2D eigenvalue weighted by Gasteiger charge is 2.19. The van der Waals surface area contributed by atoms with Crippen LogP contribution in [-0.4, -0.2) is 9.13 Å². The maximum absolute atomic E-state index is 2.43. The highest BCUT2D eigenvalue weighted by molar-refractivity contribution is 7.26. The van der Waals surface area contributed by atoms with E-state index in [0.29, 0.717) is 0 Å². The number of hydrogen-bond donors (Lipinski definition) is 0. The predicted octanol–water partition coefficient (Wildman–Crippen LogP) is 10.8. The molecule has 3 heteroatoms. The molecule has 0 radical (unpaired) electrons. The Kier molecular flexibility index (Phi) is 4.80. The highest BCUT2D eigenvalue weighted by atomic mass is 32.1. The Bertz CT molecular complexity index is 2410. The lowest BCUT2D eigenvalue weighted by Crippen LogP contribution is -1.97. The fourth-order valence-corrected chi connectivity index (χ4v) is 7.91. The van der Waals surface area contributed by atoms with Crippen molar-refractivity contribution in [1.82, 2.24) is 9.13 Å². The van der Waals surface area contributed by atoms with E-state index in [9.17, 15) is 0 Å². The molecule has 0 aliphatic heterocycles. The first kappa shape index (κ1) is 22.7. The Labute approximate surface area is 240 Å². The van der Waals surface area contributed by atoms with E-state index >= 15 is 0 Å². The molecule has 0 aliphatic rings. The normalized spacial score (nSPS) is 11.9. The van der Waals surface area contributed by atoms with Gasteiger partial charge in [0.2, 0.25) is 0 Å². The molecule has 0 bridgehead atoms. The van der Waals surface area contributed by atoms with E-state index in [1.807, 2.05) is 11.3 Å². The number of fused-ring (bicyclic) bond motifs is 8. The van der Waals surface area contributed by atoms with E-state index in [1.54, 1.807) is 0 Å². The van der Waals surface area contributed by atoms with Gasteiger partial charge in [-0.25, -0.2) is 0 Å². The molecule has 0 saturated carbocycles. The van der Waals surface area contributed by atoms with E-state index in [1.165, 1.54) is 75.4 Å². The minimum absolute atomic E-state index is 1.17. The van der Waals surface area contributed by atoms with Crippen LogP contribution in [-0.2, 0) is 0 Å².